The number of benzene rings is 1. The molecule has 1 aliphatic heterocycles. The summed E-state index contributed by atoms with van der Waals surface area (Å²) < 4.78 is 38.2. The number of rotatable bonds is 3. The van der Waals surface area contributed by atoms with Gasteiger partial charge in [-0.25, -0.2) is 0 Å². The molecule has 1 amide bonds. The van der Waals surface area contributed by atoms with Crippen LogP contribution in [0.25, 0.3) is 0 Å². The Kier molecular flexibility index (Phi) is 4.72. The van der Waals surface area contributed by atoms with Gasteiger partial charge in [0.1, 0.15) is 0 Å². The van der Waals surface area contributed by atoms with Gasteiger partial charge >= 0.3 is 6.18 Å². The molecule has 1 fully saturated rings. The molecule has 0 unspecified atom stereocenters. The molecule has 1 saturated heterocycles. The smallest absolute Gasteiger partial charge is 0.398 e. The first-order chi connectivity index (χ1) is 9.86. The van der Waals surface area contributed by atoms with Gasteiger partial charge in [-0.15, -0.1) is 0 Å². The summed E-state index contributed by atoms with van der Waals surface area (Å²) in [5.74, 6) is -0.310. The Morgan fingerprint density at radius 1 is 1.24 bits per heavy atom. The van der Waals surface area contributed by atoms with Gasteiger partial charge in [-0.1, -0.05) is 6.42 Å². The maximum Gasteiger partial charge on any atom is 0.418 e. The lowest BCUT2D eigenvalue weighted by atomic mass is 10.1. The second-order valence-electron chi connectivity index (χ2n) is 5.18. The van der Waals surface area contributed by atoms with Crippen molar-refractivity contribution in [3.05, 3.63) is 23.8 Å². The molecule has 0 radical (unpaired) electrons. The molecular formula is C14H18F3N3O. The Balaban J connectivity index is 2.00. The van der Waals surface area contributed by atoms with Gasteiger partial charge < -0.3 is 11.1 Å². The minimum Gasteiger partial charge on any atom is -0.398 e. The summed E-state index contributed by atoms with van der Waals surface area (Å²) in [7, 11) is 0. The second-order valence-corrected chi connectivity index (χ2v) is 5.18. The van der Waals surface area contributed by atoms with Gasteiger partial charge in [-0.3, -0.25) is 9.69 Å². The zero-order valence-corrected chi connectivity index (χ0v) is 11.5. The number of halogens is 3. The minimum absolute atomic E-state index is 0.110. The van der Waals surface area contributed by atoms with E-state index >= 15 is 0 Å². The van der Waals surface area contributed by atoms with E-state index in [9.17, 15) is 18.0 Å². The van der Waals surface area contributed by atoms with Gasteiger partial charge in [0.05, 0.1) is 12.1 Å². The summed E-state index contributed by atoms with van der Waals surface area (Å²) in [4.78, 5) is 13.9. The number of hydrogen-bond donors (Lipinski definition) is 2. The van der Waals surface area contributed by atoms with E-state index in [0.717, 1.165) is 44.5 Å². The number of anilines is 2. The van der Waals surface area contributed by atoms with E-state index in [-0.39, 0.29) is 23.8 Å². The number of carbonyl (C=O) groups is 1. The molecule has 1 heterocycles. The van der Waals surface area contributed by atoms with Gasteiger partial charge in [0.25, 0.3) is 0 Å². The number of hydrogen-bond acceptors (Lipinski definition) is 3. The zero-order valence-electron chi connectivity index (χ0n) is 11.5. The standard InChI is InChI=1S/C14H18F3N3O/c15-14(16,17)11-8-10(4-5-12(11)18)19-13(21)9-20-6-2-1-3-7-20/h4-5,8H,1-3,6-7,9,18H2,(H,19,21). The van der Waals surface area contributed by atoms with Crippen molar-refractivity contribution in [3.63, 3.8) is 0 Å². The van der Waals surface area contributed by atoms with Crippen molar-refractivity contribution in [3.8, 4) is 0 Å². The molecule has 0 atom stereocenters. The summed E-state index contributed by atoms with van der Waals surface area (Å²) in [5.41, 5.74) is 4.14. The van der Waals surface area contributed by atoms with E-state index in [1.54, 1.807) is 0 Å². The third-order valence-electron chi connectivity index (χ3n) is 3.46. The molecule has 0 aliphatic carbocycles. The Bertz CT molecular complexity index is 511. The largest absolute Gasteiger partial charge is 0.418 e. The molecule has 1 aliphatic rings. The molecule has 21 heavy (non-hydrogen) atoms. The molecule has 4 nitrogen and oxygen atoms in total. The van der Waals surface area contributed by atoms with E-state index < -0.39 is 11.7 Å². The Labute approximate surface area is 121 Å². The van der Waals surface area contributed by atoms with Crippen LogP contribution in [0.4, 0.5) is 24.5 Å². The predicted molar refractivity (Wildman–Crippen MR) is 74.8 cm³/mol. The van der Waals surface area contributed by atoms with Crippen LogP contribution in [0.5, 0.6) is 0 Å². The highest BCUT2D eigenvalue weighted by Gasteiger charge is 2.33. The summed E-state index contributed by atoms with van der Waals surface area (Å²) in [6.07, 6.45) is -1.27. The normalized spacial score (nSPS) is 16.7. The van der Waals surface area contributed by atoms with Crippen molar-refractivity contribution in [1.29, 1.82) is 0 Å². The van der Waals surface area contributed by atoms with E-state index in [0.29, 0.717) is 0 Å². The summed E-state index contributed by atoms with van der Waals surface area (Å²) in [6.45, 7) is 1.90. The average Bonchev–Trinajstić information content (AvgIpc) is 2.41. The fourth-order valence-electron chi connectivity index (χ4n) is 2.40. The number of alkyl halides is 3. The van der Waals surface area contributed by atoms with Gasteiger partial charge in [-0.05, 0) is 44.1 Å². The molecule has 0 bridgehead atoms. The number of nitrogens with one attached hydrogen (secondary N) is 1. The summed E-state index contributed by atoms with van der Waals surface area (Å²) in [5, 5.41) is 2.49. The number of piperidine rings is 1. The highest BCUT2D eigenvalue weighted by Crippen LogP contribution is 2.35. The quantitative estimate of drug-likeness (QED) is 0.844. The molecule has 0 saturated carbocycles. The first-order valence-electron chi connectivity index (χ1n) is 6.85. The van der Waals surface area contributed by atoms with Crippen molar-refractivity contribution in [2.75, 3.05) is 30.7 Å². The lowest BCUT2D eigenvalue weighted by Gasteiger charge is -2.25. The van der Waals surface area contributed by atoms with Crippen molar-refractivity contribution in [2.45, 2.75) is 25.4 Å². The molecule has 7 heteroatoms. The third-order valence-corrected chi connectivity index (χ3v) is 3.46. The monoisotopic (exact) mass is 301 g/mol. The molecule has 116 valence electrons. The Hall–Kier alpha value is -1.76. The van der Waals surface area contributed by atoms with Gasteiger partial charge in [0.15, 0.2) is 0 Å². The van der Waals surface area contributed by atoms with Crippen LogP contribution >= 0.6 is 0 Å². The molecule has 0 aromatic heterocycles. The van der Waals surface area contributed by atoms with Crippen LogP contribution in [0.1, 0.15) is 24.8 Å². The summed E-state index contributed by atoms with van der Waals surface area (Å²) in [6, 6.07) is 3.39. The molecule has 1 aromatic rings. The summed E-state index contributed by atoms with van der Waals surface area (Å²) >= 11 is 0. The van der Waals surface area contributed by atoms with Gasteiger partial charge in [0, 0.05) is 11.4 Å². The highest BCUT2D eigenvalue weighted by atomic mass is 19.4. The van der Waals surface area contributed by atoms with Gasteiger partial charge in [0.2, 0.25) is 5.91 Å². The third kappa shape index (κ3) is 4.35. The number of likely N-dealkylation sites (tertiary alicyclic amines) is 1. The fourth-order valence-corrected chi connectivity index (χ4v) is 2.40. The average molecular weight is 301 g/mol. The van der Waals surface area contributed by atoms with Crippen molar-refractivity contribution < 1.29 is 18.0 Å². The van der Waals surface area contributed by atoms with Crippen LogP contribution in [0, 0.1) is 0 Å². The van der Waals surface area contributed by atoms with E-state index in [2.05, 4.69) is 5.32 Å². The molecule has 1 aromatic carbocycles. The predicted octanol–water partition coefficient (Wildman–Crippen LogP) is 2.71. The SMILES string of the molecule is Nc1ccc(NC(=O)CN2CCCCC2)cc1C(F)(F)F. The molecule has 0 spiro atoms. The lowest BCUT2D eigenvalue weighted by molar-refractivity contribution is -0.136. The maximum atomic E-state index is 12.7. The minimum atomic E-state index is -4.53. The number of carbonyl (C=O) groups excluding carboxylic acids is 1. The fraction of sp³-hybridized carbons (Fsp3) is 0.500. The first-order valence-corrected chi connectivity index (χ1v) is 6.85. The van der Waals surface area contributed by atoms with Crippen LogP contribution in [-0.4, -0.2) is 30.4 Å². The number of nitrogens with zero attached hydrogens (tertiary/aromatic N) is 1. The molecule has 2 rings (SSSR count). The van der Waals surface area contributed by atoms with Crippen LogP contribution in [0.3, 0.4) is 0 Å². The zero-order chi connectivity index (χ0) is 15.5. The topological polar surface area (TPSA) is 58.4 Å². The van der Waals surface area contributed by atoms with Crippen molar-refractivity contribution in [2.24, 2.45) is 0 Å². The highest BCUT2D eigenvalue weighted by molar-refractivity contribution is 5.92. The van der Waals surface area contributed by atoms with Gasteiger partial charge in [-0.2, -0.15) is 13.2 Å². The maximum absolute atomic E-state index is 12.7. The second kappa shape index (κ2) is 6.34. The first kappa shape index (κ1) is 15.6. The van der Waals surface area contributed by atoms with E-state index in [4.69, 9.17) is 5.73 Å². The number of nitrogen functional groups attached to an aromatic ring is 1. The Morgan fingerprint density at radius 3 is 2.52 bits per heavy atom. The lowest BCUT2D eigenvalue weighted by Crippen LogP contribution is -2.36. The van der Waals surface area contributed by atoms with Crippen LogP contribution in [0.2, 0.25) is 0 Å². The van der Waals surface area contributed by atoms with E-state index in [1.165, 1.54) is 6.07 Å². The van der Waals surface area contributed by atoms with Crippen molar-refractivity contribution in [1.82, 2.24) is 4.90 Å². The molecule has 3 N–H and O–H groups in total. The van der Waals surface area contributed by atoms with Crippen LogP contribution in [-0.2, 0) is 11.0 Å². The van der Waals surface area contributed by atoms with Crippen LogP contribution in [0.15, 0.2) is 18.2 Å². The van der Waals surface area contributed by atoms with Crippen molar-refractivity contribution >= 4 is 17.3 Å². The molecular weight excluding hydrogens is 283 g/mol. The van der Waals surface area contributed by atoms with E-state index in [1.807, 2.05) is 4.90 Å². The number of amides is 1. The van der Waals surface area contributed by atoms with Crippen LogP contribution < -0.4 is 11.1 Å². The number of nitrogens with two attached hydrogens (primary N) is 1. The Morgan fingerprint density at radius 2 is 1.90 bits per heavy atom.